The van der Waals surface area contributed by atoms with Crippen molar-refractivity contribution in [3.05, 3.63) is 24.3 Å². The fourth-order valence-electron chi connectivity index (χ4n) is 12.7. The minimum Gasteiger partial charge on any atom is -0.466 e. The molecule has 86 heavy (non-hydrogen) atoms. The van der Waals surface area contributed by atoms with Crippen molar-refractivity contribution >= 4 is 11.9 Å². The molecular weight excluding hydrogens is 1050 g/mol. The second kappa shape index (κ2) is 75.8. The number of allylic oxidation sites excluding steroid dienone is 3. The molecule has 0 aromatic heterocycles. The number of hydrogen-bond donors (Lipinski definition) is 3. The number of aliphatic hydroxyl groups excluding tert-OH is 2. The number of rotatable bonds is 75. The Hall–Kier alpha value is -1.66. The van der Waals surface area contributed by atoms with Crippen LogP contribution in [0.3, 0.4) is 0 Å². The third-order valence-electron chi connectivity index (χ3n) is 18.7. The standard InChI is InChI=1S/C80H155NO5/c1-3-5-7-9-11-13-15-17-19-21-23-24-25-28-31-34-37-40-44-48-52-56-60-64-68-72-78(83)77(76-82)81-79(84)73-69-65-61-57-53-49-45-41-38-35-32-29-26-27-30-33-36-39-43-47-51-55-59-63-67-71-75-86-80(85)74-70-66-62-58-54-50-46-42-22-20-18-16-14-12-10-8-6-4-2/h26,29,68,72,77-78,82-83H,3-25,27-28,30-67,69-71,73-76H2,1-2H3,(H,81,84)/b29-26-,72-68+. The van der Waals surface area contributed by atoms with E-state index in [0.29, 0.717) is 19.4 Å². The summed E-state index contributed by atoms with van der Waals surface area (Å²) < 4.78 is 5.51. The molecule has 2 atom stereocenters. The molecule has 0 spiro atoms. The first kappa shape index (κ1) is 84.3. The van der Waals surface area contributed by atoms with E-state index in [0.717, 1.165) is 38.5 Å². The van der Waals surface area contributed by atoms with Crippen LogP contribution in [0.4, 0.5) is 0 Å². The van der Waals surface area contributed by atoms with Crippen molar-refractivity contribution in [2.24, 2.45) is 0 Å². The van der Waals surface area contributed by atoms with Crippen LogP contribution >= 0.6 is 0 Å². The van der Waals surface area contributed by atoms with Crippen LogP contribution in [-0.4, -0.2) is 47.4 Å². The maximum Gasteiger partial charge on any atom is 0.305 e. The van der Waals surface area contributed by atoms with Gasteiger partial charge in [-0.1, -0.05) is 404 Å². The van der Waals surface area contributed by atoms with Gasteiger partial charge in [-0.2, -0.15) is 0 Å². The molecule has 510 valence electrons. The fraction of sp³-hybridized carbons (Fsp3) is 0.925. The Kier molecular flexibility index (Phi) is 74.3. The number of esters is 1. The number of ether oxygens (including phenoxy) is 1. The average Bonchev–Trinajstić information content (AvgIpc) is 3.54. The Morgan fingerprint density at radius 1 is 0.314 bits per heavy atom. The third kappa shape index (κ3) is 71.4. The molecule has 6 nitrogen and oxygen atoms in total. The van der Waals surface area contributed by atoms with E-state index in [1.165, 1.54) is 385 Å². The van der Waals surface area contributed by atoms with E-state index in [4.69, 9.17) is 4.74 Å². The smallest absolute Gasteiger partial charge is 0.305 e. The van der Waals surface area contributed by atoms with E-state index < -0.39 is 12.1 Å². The highest BCUT2D eigenvalue weighted by Gasteiger charge is 2.18. The number of nitrogens with one attached hydrogen (secondary N) is 1. The first-order valence-corrected chi connectivity index (χ1v) is 39.6. The SMILES string of the molecule is CCCCCCCCCCCCCCCCCCCCCCCCC/C=C/C(O)C(CO)NC(=O)CCCCCCCCCCCC/C=C\CCCCCCCCCCCCCCOC(=O)CCCCCCCCCCCCCCCCCCCC. The summed E-state index contributed by atoms with van der Waals surface area (Å²) in [5.74, 6) is -0.0450. The van der Waals surface area contributed by atoms with Gasteiger partial charge in [-0.15, -0.1) is 0 Å². The van der Waals surface area contributed by atoms with Crippen molar-refractivity contribution in [3.63, 3.8) is 0 Å². The van der Waals surface area contributed by atoms with Crippen LogP contribution in [0.2, 0.25) is 0 Å². The predicted octanol–water partition coefficient (Wildman–Crippen LogP) is 26.0. The highest BCUT2D eigenvalue weighted by Crippen LogP contribution is 2.20. The van der Waals surface area contributed by atoms with Gasteiger partial charge in [0.2, 0.25) is 5.91 Å². The minimum absolute atomic E-state index is 0.0195. The summed E-state index contributed by atoms with van der Waals surface area (Å²) in [6, 6.07) is -0.631. The fourth-order valence-corrected chi connectivity index (χ4v) is 12.7. The first-order chi connectivity index (χ1) is 42.5. The van der Waals surface area contributed by atoms with Crippen LogP contribution in [0.1, 0.15) is 450 Å². The van der Waals surface area contributed by atoms with Crippen molar-refractivity contribution in [3.8, 4) is 0 Å². The maximum atomic E-state index is 12.6. The Bertz CT molecular complexity index is 1350. The van der Waals surface area contributed by atoms with Crippen LogP contribution in [0.15, 0.2) is 24.3 Å². The first-order valence-electron chi connectivity index (χ1n) is 39.6. The summed E-state index contributed by atoms with van der Waals surface area (Å²) in [7, 11) is 0. The molecule has 0 bridgehead atoms. The molecule has 6 heteroatoms. The molecule has 0 aromatic carbocycles. The Morgan fingerprint density at radius 3 is 0.826 bits per heavy atom. The zero-order valence-electron chi connectivity index (χ0n) is 58.6. The number of carbonyl (C=O) groups excluding carboxylic acids is 2. The number of amides is 1. The van der Waals surface area contributed by atoms with Gasteiger partial charge in [-0.05, 0) is 57.8 Å². The lowest BCUT2D eigenvalue weighted by molar-refractivity contribution is -0.143. The van der Waals surface area contributed by atoms with Gasteiger partial charge in [0.15, 0.2) is 0 Å². The molecule has 0 aromatic rings. The van der Waals surface area contributed by atoms with E-state index in [2.05, 4.69) is 31.3 Å². The van der Waals surface area contributed by atoms with Crippen LogP contribution in [-0.2, 0) is 14.3 Å². The van der Waals surface area contributed by atoms with E-state index >= 15 is 0 Å². The molecular formula is C80H155NO5. The molecule has 0 aliphatic heterocycles. The normalized spacial score (nSPS) is 12.6. The van der Waals surface area contributed by atoms with Crippen molar-refractivity contribution in [2.75, 3.05) is 13.2 Å². The number of aliphatic hydroxyl groups is 2. The van der Waals surface area contributed by atoms with Gasteiger partial charge in [0.05, 0.1) is 25.4 Å². The maximum absolute atomic E-state index is 12.6. The van der Waals surface area contributed by atoms with Crippen molar-refractivity contribution in [1.82, 2.24) is 5.32 Å². The van der Waals surface area contributed by atoms with Gasteiger partial charge < -0.3 is 20.3 Å². The second-order valence-corrected chi connectivity index (χ2v) is 27.4. The number of unbranched alkanes of at least 4 members (excludes halogenated alkanes) is 62. The zero-order valence-corrected chi connectivity index (χ0v) is 58.6. The highest BCUT2D eigenvalue weighted by atomic mass is 16.5. The molecule has 1 amide bonds. The van der Waals surface area contributed by atoms with Gasteiger partial charge in [-0.25, -0.2) is 0 Å². The Balaban J connectivity index is 3.40. The summed E-state index contributed by atoms with van der Waals surface area (Å²) in [5, 5.41) is 23.3. The van der Waals surface area contributed by atoms with Gasteiger partial charge in [-0.3, -0.25) is 9.59 Å². The van der Waals surface area contributed by atoms with Crippen molar-refractivity contribution in [2.45, 2.75) is 463 Å². The monoisotopic (exact) mass is 1210 g/mol. The molecule has 0 rings (SSSR count). The minimum atomic E-state index is -0.847. The Morgan fingerprint density at radius 2 is 0.547 bits per heavy atom. The van der Waals surface area contributed by atoms with Gasteiger partial charge >= 0.3 is 5.97 Å². The van der Waals surface area contributed by atoms with E-state index in [9.17, 15) is 19.8 Å². The summed E-state index contributed by atoms with van der Waals surface area (Å²) in [5.41, 5.74) is 0. The summed E-state index contributed by atoms with van der Waals surface area (Å²) in [6.45, 7) is 4.96. The molecule has 0 saturated carbocycles. The third-order valence-corrected chi connectivity index (χ3v) is 18.7. The second-order valence-electron chi connectivity index (χ2n) is 27.4. The Labute approximate surface area is 539 Å². The lowest BCUT2D eigenvalue weighted by atomic mass is 10.0. The van der Waals surface area contributed by atoms with E-state index in [1.807, 2.05) is 6.08 Å². The van der Waals surface area contributed by atoms with Crippen LogP contribution in [0, 0.1) is 0 Å². The topological polar surface area (TPSA) is 95.9 Å². The predicted molar refractivity (Wildman–Crippen MR) is 380 cm³/mol. The quantitative estimate of drug-likeness (QED) is 0.0320. The lowest BCUT2D eigenvalue weighted by Crippen LogP contribution is -2.45. The number of carbonyl (C=O) groups is 2. The average molecular weight is 1210 g/mol. The molecule has 0 aliphatic rings. The summed E-state index contributed by atoms with van der Waals surface area (Å²) >= 11 is 0. The van der Waals surface area contributed by atoms with Gasteiger partial charge in [0.1, 0.15) is 0 Å². The molecule has 0 saturated heterocycles. The largest absolute Gasteiger partial charge is 0.466 e. The van der Waals surface area contributed by atoms with Crippen LogP contribution in [0.25, 0.3) is 0 Å². The van der Waals surface area contributed by atoms with Gasteiger partial charge in [0.25, 0.3) is 0 Å². The molecule has 0 fully saturated rings. The molecule has 3 N–H and O–H groups in total. The van der Waals surface area contributed by atoms with E-state index in [-0.39, 0.29) is 18.5 Å². The molecule has 0 radical (unpaired) electrons. The molecule has 2 unspecified atom stereocenters. The van der Waals surface area contributed by atoms with Crippen molar-refractivity contribution < 1.29 is 24.5 Å². The summed E-state index contributed by atoms with van der Waals surface area (Å²) in [4.78, 5) is 24.7. The lowest BCUT2D eigenvalue weighted by Gasteiger charge is -2.20. The summed E-state index contributed by atoms with van der Waals surface area (Å²) in [6.07, 6.45) is 97.2. The zero-order chi connectivity index (χ0) is 62.0. The van der Waals surface area contributed by atoms with Crippen LogP contribution in [0.5, 0.6) is 0 Å². The number of hydrogen-bond acceptors (Lipinski definition) is 5. The van der Waals surface area contributed by atoms with Crippen LogP contribution < -0.4 is 5.32 Å². The highest BCUT2D eigenvalue weighted by molar-refractivity contribution is 5.76. The molecule has 0 aliphatic carbocycles. The van der Waals surface area contributed by atoms with Gasteiger partial charge in [0, 0.05) is 12.8 Å². The van der Waals surface area contributed by atoms with Crippen molar-refractivity contribution in [1.29, 1.82) is 0 Å². The molecule has 0 heterocycles. The van der Waals surface area contributed by atoms with E-state index in [1.54, 1.807) is 6.08 Å².